The van der Waals surface area contributed by atoms with Crippen LogP contribution in [0.3, 0.4) is 0 Å². The van der Waals surface area contributed by atoms with Crippen LogP contribution in [0.25, 0.3) is 16.9 Å². The van der Waals surface area contributed by atoms with Gasteiger partial charge in [-0.2, -0.15) is 0 Å². The third kappa shape index (κ3) is 3.29. The fourth-order valence-electron chi connectivity index (χ4n) is 3.84. The van der Waals surface area contributed by atoms with Gasteiger partial charge in [-0.15, -0.1) is 0 Å². The number of aromatic nitrogens is 3. The molecule has 1 aliphatic carbocycles. The van der Waals surface area contributed by atoms with Gasteiger partial charge in [-0.25, -0.2) is 16.8 Å². The highest BCUT2D eigenvalue weighted by atomic mass is 32.2. The standard InChI is InChI=1S/C23H18FN3O3S/c24-21-12-18(26-10-1-2-11-26)7-8-20(21)23-22(16-5-6-16)17(15-28)14-27(23)31(29,30)19-4-3-9-25-13-19/h1-4,7-16H,5-6H2. The Kier molecular flexibility index (Phi) is 4.59. The molecule has 6 nitrogen and oxygen atoms in total. The van der Waals surface area contributed by atoms with Gasteiger partial charge < -0.3 is 4.57 Å². The molecule has 4 aromatic rings. The molecule has 8 heteroatoms. The smallest absolute Gasteiger partial charge is 0.269 e. The predicted molar refractivity (Wildman–Crippen MR) is 113 cm³/mol. The van der Waals surface area contributed by atoms with Crippen LogP contribution in [0.1, 0.15) is 34.7 Å². The summed E-state index contributed by atoms with van der Waals surface area (Å²) in [5.74, 6) is -0.532. The van der Waals surface area contributed by atoms with E-state index in [1.165, 1.54) is 36.8 Å². The highest BCUT2D eigenvalue weighted by molar-refractivity contribution is 7.90. The third-order valence-corrected chi connectivity index (χ3v) is 7.10. The van der Waals surface area contributed by atoms with E-state index >= 15 is 4.39 Å². The molecule has 1 aromatic carbocycles. The number of benzene rings is 1. The van der Waals surface area contributed by atoms with Gasteiger partial charge in [-0.3, -0.25) is 9.78 Å². The van der Waals surface area contributed by atoms with Gasteiger partial charge in [0.05, 0.1) is 5.69 Å². The van der Waals surface area contributed by atoms with Crippen molar-refractivity contribution in [2.45, 2.75) is 23.7 Å². The van der Waals surface area contributed by atoms with E-state index in [0.717, 1.165) is 16.8 Å². The van der Waals surface area contributed by atoms with Gasteiger partial charge in [-0.1, -0.05) is 0 Å². The molecule has 5 rings (SSSR count). The van der Waals surface area contributed by atoms with Crippen molar-refractivity contribution in [2.75, 3.05) is 0 Å². The average Bonchev–Trinajstić information content (AvgIpc) is 3.32. The first-order chi connectivity index (χ1) is 15.0. The van der Waals surface area contributed by atoms with Crippen LogP contribution in [0.15, 0.2) is 78.3 Å². The molecular formula is C23H18FN3O3S. The first-order valence-corrected chi connectivity index (χ1v) is 11.2. The maximum atomic E-state index is 15.4. The summed E-state index contributed by atoms with van der Waals surface area (Å²) < 4.78 is 44.9. The fraction of sp³-hybridized carbons (Fsp3) is 0.130. The quantitative estimate of drug-likeness (QED) is 0.421. The summed E-state index contributed by atoms with van der Waals surface area (Å²) >= 11 is 0. The zero-order valence-electron chi connectivity index (χ0n) is 16.3. The minimum Gasteiger partial charge on any atom is -0.324 e. The van der Waals surface area contributed by atoms with E-state index in [2.05, 4.69) is 4.98 Å². The summed E-state index contributed by atoms with van der Waals surface area (Å²) in [6.07, 6.45) is 9.88. The molecule has 0 aliphatic heterocycles. The number of hydrogen-bond acceptors (Lipinski definition) is 4. The average molecular weight is 435 g/mol. The zero-order chi connectivity index (χ0) is 21.6. The lowest BCUT2D eigenvalue weighted by molar-refractivity contribution is 0.112. The molecule has 0 saturated heterocycles. The molecule has 0 unspecified atom stereocenters. The second-order valence-corrected chi connectivity index (χ2v) is 9.30. The molecule has 0 N–H and O–H groups in total. The molecule has 0 atom stereocenters. The van der Waals surface area contributed by atoms with E-state index in [4.69, 9.17) is 0 Å². The van der Waals surface area contributed by atoms with Gasteiger partial charge >= 0.3 is 0 Å². The minimum absolute atomic E-state index is 0.0315. The van der Waals surface area contributed by atoms with Crippen molar-refractivity contribution in [3.05, 3.63) is 90.4 Å². The van der Waals surface area contributed by atoms with Crippen LogP contribution in [0.4, 0.5) is 4.39 Å². The predicted octanol–water partition coefficient (Wildman–Crippen LogP) is 4.41. The maximum Gasteiger partial charge on any atom is 0.269 e. The molecule has 1 saturated carbocycles. The lowest BCUT2D eigenvalue weighted by Crippen LogP contribution is -2.14. The molecule has 0 spiro atoms. The molecule has 1 fully saturated rings. The van der Waals surface area contributed by atoms with E-state index in [0.29, 0.717) is 17.5 Å². The Labute approximate surface area is 178 Å². The third-order valence-electron chi connectivity index (χ3n) is 5.46. The van der Waals surface area contributed by atoms with Gasteiger partial charge in [-0.05, 0) is 66.8 Å². The summed E-state index contributed by atoms with van der Waals surface area (Å²) in [5.41, 5.74) is 1.79. The largest absolute Gasteiger partial charge is 0.324 e. The van der Waals surface area contributed by atoms with E-state index < -0.39 is 15.8 Å². The second-order valence-electron chi connectivity index (χ2n) is 7.48. The van der Waals surface area contributed by atoms with Crippen molar-refractivity contribution in [2.24, 2.45) is 0 Å². The highest BCUT2D eigenvalue weighted by Gasteiger charge is 2.35. The Bertz CT molecular complexity index is 1370. The summed E-state index contributed by atoms with van der Waals surface area (Å²) in [5, 5.41) is 0. The van der Waals surface area contributed by atoms with Crippen molar-refractivity contribution in [3.63, 3.8) is 0 Å². The second kappa shape index (κ2) is 7.31. The minimum atomic E-state index is -4.08. The van der Waals surface area contributed by atoms with Crippen molar-refractivity contribution in [3.8, 4) is 16.9 Å². The Morgan fingerprint density at radius 2 is 1.87 bits per heavy atom. The SMILES string of the molecule is O=Cc1cn(S(=O)(=O)c2cccnc2)c(-c2ccc(-n3cccc3)cc2F)c1C1CC1. The van der Waals surface area contributed by atoms with Crippen LogP contribution in [0.2, 0.25) is 0 Å². The van der Waals surface area contributed by atoms with E-state index in [9.17, 15) is 13.2 Å². The van der Waals surface area contributed by atoms with Crippen molar-refractivity contribution < 1.29 is 17.6 Å². The number of rotatable bonds is 6. The van der Waals surface area contributed by atoms with Crippen LogP contribution in [-0.2, 0) is 10.0 Å². The Morgan fingerprint density at radius 1 is 1.10 bits per heavy atom. The van der Waals surface area contributed by atoms with Crippen molar-refractivity contribution in [1.82, 2.24) is 13.5 Å². The van der Waals surface area contributed by atoms with Gasteiger partial charge in [0.1, 0.15) is 10.7 Å². The summed E-state index contributed by atoms with van der Waals surface area (Å²) in [4.78, 5) is 15.7. The first-order valence-electron chi connectivity index (χ1n) is 9.80. The van der Waals surface area contributed by atoms with Gasteiger partial charge in [0.2, 0.25) is 0 Å². The molecule has 1 aliphatic rings. The Balaban J connectivity index is 1.75. The molecule has 3 heterocycles. The molecule has 0 radical (unpaired) electrons. The van der Waals surface area contributed by atoms with Crippen LogP contribution >= 0.6 is 0 Å². The summed E-state index contributed by atoms with van der Waals surface area (Å²) in [6.45, 7) is 0. The van der Waals surface area contributed by atoms with Crippen LogP contribution in [-0.4, -0.2) is 28.2 Å². The monoisotopic (exact) mass is 435 g/mol. The Morgan fingerprint density at radius 3 is 2.48 bits per heavy atom. The van der Waals surface area contributed by atoms with Crippen LogP contribution < -0.4 is 0 Å². The molecule has 3 aromatic heterocycles. The maximum absolute atomic E-state index is 15.4. The lowest BCUT2D eigenvalue weighted by Gasteiger charge is -2.14. The van der Waals surface area contributed by atoms with Crippen LogP contribution in [0, 0.1) is 5.82 Å². The number of aldehydes is 1. The van der Waals surface area contributed by atoms with Crippen molar-refractivity contribution >= 4 is 16.3 Å². The van der Waals surface area contributed by atoms with Gasteiger partial charge in [0.25, 0.3) is 10.0 Å². The van der Waals surface area contributed by atoms with Crippen LogP contribution in [0.5, 0.6) is 0 Å². The molecule has 31 heavy (non-hydrogen) atoms. The fourth-order valence-corrected chi connectivity index (χ4v) is 5.20. The number of carbonyl (C=O) groups excluding carboxylic acids is 1. The number of nitrogens with zero attached hydrogens (tertiary/aromatic N) is 3. The zero-order valence-corrected chi connectivity index (χ0v) is 17.2. The number of carbonyl (C=O) groups is 1. The van der Waals surface area contributed by atoms with Gasteiger partial charge in [0.15, 0.2) is 6.29 Å². The lowest BCUT2D eigenvalue weighted by atomic mass is 10.0. The van der Waals surface area contributed by atoms with E-state index in [1.807, 2.05) is 12.1 Å². The number of hydrogen-bond donors (Lipinski definition) is 0. The molecular weight excluding hydrogens is 417 g/mol. The van der Waals surface area contributed by atoms with E-state index in [1.54, 1.807) is 29.1 Å². The molecule has 0 bridgehead atoms. The number of halogens is 1. The van der Waals surface area contributed by atoms with Crippen molar-refractivity contribution in [1.29, 1.82) is 0 Å². The molecule has 156 valence electrons. The normalized spacial score (nSPS) is 14.0. The first kappa shape index (κ1) is 19.4. The highest BCUT2D eigenvalue weighted by Crippen LogP contribution is 2.47. The summed E-state index contributed by atoms with van der Waals surface area (Å²) in [7, 11) is -4.08. The number of pyridine rings is 1. The topological polar surface area (TPSA) is 74.0 Å². The Hall–Kier alpha value is -3.52. The summed E-state index contributed by atoms with van der Waals surface area (Å²) in [6, 6.07) is 11.3. The van der Waals surface area contributed by atoms with Gasteiger partial charge in [0, 0.05) is 47.8 Å². The van der Waals surface area contributed by atoms with E-state index in [-0.39, 0.29) is 27.6 Å². The molecule has 0 amide bonds.